The maximum atomic E-state index is 11.8. The second-order valence-corrected chi connectivity index (χ2v) is 4.90. The van der Waals surface area contributed by atoms with Crippen LogP contribution in [0.5, 0.6) is 0 Å². The molecule has 0 bridgehead atoms. The highest BCUT2D eigenvalue weighted by atomic mass is 16.5. The van der Waals surface area contributed by atoms with E-state index in [1.54, 1.807) is 19.2 Å². The van der Waals surface area contributed by atoms with Crippen molar-refractivity contribution in [3.63, 3.8) is 0 Å². The average Bonchev–Trinajstić information content (AvgIpc) is 2.95. The lowest BCUT2D eigenvalue weighted by atomic mass is 10.2. The van der Waals surface area contributed by atoms with Crippen molar-refractivity contribution in [1.82, 2.24) is 20.0 Å². The van der Waals surface area contributed by atoms with Crippen LogP contribution in [0.2, 0.25) is 0 Å². The van der Waals surface area contributed by atoms with Gasteiger partial charge in [-0.05, 0) is 12.8 Å². The van der Waals surface area contributed by atoms with Crippen LogP contribution in [0.1, 0.15) is 35.9 Å². The van der Waals surface area contributed by atoms with Crippen LogP contribution in [0, 0.1) is 12.8 Å². The zero-order chi connectivity index (χ0) is 13.8. The average molecular weight is 262 g/mol. The molecule has 0 spiro atoms. The highest BCUT2D eigenvalue weighted by molar-refractivity contribution is 5.92. The summed E-state index contributed by atoms with van der Waals surface area (Å²) in [6, 6.07) is 1.61. The summed E-state index contributed by atoms with van der Waals surface area (Å²) in [5.41, 5.74) is 0.291. The van der Waals surface area contributed by atoms with Crippen LogP contribution in [0.25, 0.3) is 0 Å². The molecule has 0 fully saturated rings. The molecular formula is C13H18N4O2. The number of rotatable bonds is 5. The van der Waals surface area contributed by atoms with E-state index in [1.165, 1.54) is 0 Å². The van der Waals surface area contributed by atoms with Gasteiger partial charge in [0.15, 0.2) is 5.69 Å². The predicted molar refractivity (Wildman–Crippen MR) is 69.5 cm³/mol. The lowest BCUT2D eigenvalue weighted by molar-refractivity contribution is 0.0940. The van der Waals surface area contributed by atoms with Crippen LogP contribution in [0.15, 0.2) is 23.0 Å². The van der Waals surface area contributed by atoms with Gasteiger partial charge in [0.1, 0.15) is 11.6 Å². The number of hydrogen-bond acceptors (Lipinski definition) is 4. The highest BCUT2D eigenvalue weighted by Gasteiger charge is 2.12. The molecule has 102 valence electrons. The minimum atomic E-state index is -0.254. The normalized spacial score (nSPS) is 10.9. The van der Waals surface area contributed by atoms with Crippen LogP contribution < -0.4 is 5.32 Å². The van der Waals surface area contributed by atoms with E-state index in [9.17, 15) is 4.79 Å². The first-order valence-electron chi connectivity index (χ1n) is 6.28. The first-order chi connectivity index (χ1) is 9.06. The molecule has 0 radical (unpaired) electrons. The molecule has 2 heterocycles. The molecule has 2 aromatic heterocycles. The number of aromatic nitrogens is 3. The summed E-state index contributed by atoms with van der Waals surface area (Å²) in [7, 11) is 0. The van der Waals surface area contributed by atoms with Gasteiger partial charge in [0, 0.05) is 25.0 Å². The van der Waals surface area contributed by atoms with E-state index < -0.39 is 0 Å². The lowest BCUT2D eigenvalue weighted by Gasteiger charge is -2.10. The molecule has 0 saturated heterocycles. The third-order valence-corrected chi connectivity index (χ3v) is 2.63. The molecule has 0 unspecified atom stereocenters. The van der Waals surface area contributed by atoms with E-state index in [2.05, 4.69) is 29.3 Å². The number of carbonyl (C=O) groups is 1. The Labute approximate surface area is 111 Å². The summed E-state index contributed by atoms with van der Waals surface area (Å²) < 4.78 is 6.91. The zero-order valence-electron chi connectivity index (χ0n) is 11.4. The molecule has 0 aromatic carbocycles. The molecule has 0 aliphatic heterocycles. The Hall–Kier alpha value is -2.11. The van der Waals surface area contributed by atoms with Gasteiger partial charge >= 0.3 is 0 Å². The van der Waals surface area contributed by atoms with Gasteiger partial charge in [-0.3, -0.25) is 4.79 Å². The maximum Gasteiger partial charge on any atom is 0.273 e. The van der Waals surface area contributed by atoms with Crippen molar-refractivity contribution < 1.29 is 9.32 Å². The Kier molecular flexibility index (Phi) is 3.99. The summed E-state index contributed by atoms with van der Waals surface area (Å²) in [6.07, 6.45) is 3.66. The number of hydrogen-bond donors (Lipinski definition) is 1. The first kappa shape index (κ1) is 13.3. The van der Waals surface area contributed by atoms with Crippen molar-refractivity contribution >= 4 is 5.91 Å². The van der Waals surface area contributed by atoms with E-state index in [1.807, 2.05) is 10.8 Å². The summed E-state index contributed by atoms with van der Waals surface area (Å²) >= 11 is 0. The Morgan fingerprint density at radius 2 is 2.32 bits per heavy atom. The number of imidazole rings is 1. The first-order valence-corrected chi connectivity index (χ1v) is 6.28. The molecular weight excluding hydrogens is 244 g/mol. The fourth-order valence-electron chi connectivity index (χ4n) is 1.79. The van der Waals surface area contributed by atoms with Crippen LogP contribution in [0.3, 0.4) is 0 Å². The quantitative estimate of drug-likeness (QED) is 0.891. The molecule has 1 amide bonds. The van der Waals surface area contributed by atoms with E-state index in [-0.39, 0.29) is 5.91 Å². The van der Waals surface area contributed by atoms with Crippen molar-refractivity contribution in [2.75, 3.05) is 0 Å². The fraction of sp³-hybridized carbons (Fsp3) is 0.462. The van der Waals surface area contributed by atoms with Crippen molar-refractivity contribution in [1.29, 1.82) is 0 Å². The van der Waals surface area contributed by atoms with Gasteiger partial charge in [-0.15, -0.1) is 0 Å². The third kappa shape index (κ3) is 3.43. The fourth-order valence-corrected chi connectivity index (χ4v) is 1.79. The smallest absolute Gasteiger partial charge is 0.273 e. The molecule has 0 aliphatic rings. The van der Waals surface area contributed by atoms with Gasteiger partial charge < -0.3 is 14.4 Å². The molecule has 0 atom stereocenters. The van der Waals surface area contributed by atoms with Crippen LogP contribution in [-0.2, 0) is 13.1 Å². The Morgan fingerprint density at radius 3 is 2.95 bits per heavy atom. The summed E-state index contributed by atoms with van der Waals surface area (Å²) in [4.78, 5) is 16.1. The van der Waals surface area contributed by atoms with Crippen LogP contribution in [0.4, 0.5) is 0 Å². The molecule has 6 nitrogen and oxygen atoms in total. The van der Waals surface area contributed by atoms with Crippen molar-refractivity contribution in [3.8, 4) is 0 Å². The van der Waals surface area contributed by atoms with E-state index >= 15 is 0 Å². The highest BCUT2D eigenvalue weighted by Crippen LogP contribution is 2.05. The van der Waals surface area contributed by atoms with E-state index in [0.29, 0.717) is 23.9 Å². The minimum absolute atomic E-state index is 0.254. The van der Waals surface area contributed by atoms with E-state index in [0.717, 1.165) is 12.4 Å². The van der Waals surface area contributed by atoms with Crippen LogP contribution >= 0.6 is 0 Å². The van der Waals surface area contributed by atoms with Gasteiger partial charge in [0.25, 0.3) is 5.91 Å². The Bertz CT molecular complexity index is 556. The number of amides is 1. The molecule has 0 aliphatic carbocycles. The molecule has 2 rings (SSSR count). The second kappa shape index (κ2) is 5.69. The summed E-state index contributed by atoms with van der Waals surface area (Å²) in [5, 5.41) is 6.46. The van der Waals surface area contributed by atoms with Gasteiger partial charge in [0.05, 0.1) is 6.54 Å². The molecule has 19 heavy (non-hydrogen) atoms. The number of carbonyl (C=O) groups excluding carboxylic acids is 1. The SMILES string of the molecule is Cc1cc(C(=O)NCc2nccn2CC(C)C)no1. The number of aryl methyl sites for hydroxylation is 1. The standard InChI is InChI=1S/C13H18N4O2/c1-9(2)8-17-5-4-14-12(17)7-15-13(18)11-6-10(3)19-16-11/h4-6,9H,7-8H2,1-3H3,(H,15,18). The second-order valence-electron chi connectivity index (χ2n) is 4.90. The van der Waals surface area contributed by atoms with E-state index in [4.69, 9.17) is 4.52 Å². The Balaban J connectivity index is 1.95. The number of nitrogens with zero attached hydrogens (tertiary/aromatic N) is 3. The van der Waals surface area contributed by atoms with Crippen molar-refractivity contribution in [3.05, 3.63) is 35.7 Å². The minimum Gasteiger partial charge on any atom is -0.361 e. The lowest BCUT2D eigenvalue weighted by Crippen LogP contribution is -2.25. The van der Waals surface area contributed by atoms with Gasteiger partial charge in [0.2, 0.25) is 0 Å². The van der Waals surface area contributed by atoms with Crippen LogP contribution in [-0.4, -0.2) is 20.6 Å². The van der Waals surface area contributed by atoms with Gasteiger partial charge in [-0.1, -0.05) is 19.0 Å². The summed E-state index contributed by atoms with van der Waals surface area (Å²) in [5.74, 6) is 1.73. The Morgan fingerprint density at radius 1 is 1.53 bits per heavy atom. The maximum absolute atomic E-state index is 11.8. The molecule has 1 N–H and O–H groups in total. The largest absolute Gasteiger partial charge is 0.361 e. The zero-order valence-corrected chi connectivity index (χ0v) is 11.4. The molecule has 2 aromatic rings. The molecule has 6 heteroatoms. The molecule has 0 saturated carbocycles. The van der Waals surface area contributed by atoms with Crippen molar-refractivity contribution in [2.24, 2.45) is 5.92 Å². The van der Waals surface area contributed by atoms with Gasteiger partial charge in [-0.2, -0.15) is 0 Å². The predicted octanol–water partition coefficient (Wildman–Crippen LogP) is 1.77. The van der Waals surface area contributed by atoms with Gasteiger partial charge in [-0.25, -0.2) is 4.98 Å². The van der Waals surface area contributed by atoms with Crippen molar-refractivity contribution in [2.45, 2.75) is 33.9 Å². The topological polar surface area (TPSA) is 73.0 Å². The number of nitrogens with one attached hydrogen (secondary N) is 1. The third-order valence-electron chi connectivity index (χ3n) is 2.63. The monoisotopic (exact) mass is 262 g/mol. The summed E-state index contributed by atoms with van der Waals surface area (Å²) in [6.45, 7) is 7.29.